The molecule has 2 aromatic carbocycles. The Bertz CT molecular complexity index is 1220. The minimum absolute atomic E-state index is 0.247. The number of benzene rings is 2. The summed E-state index contributed by atoms with van der Waals surface area (Å²) in [5.41, 5.74) is 2.30. The number of anilines is 1. The Kier molecular flexibility index (Phi) is 6.43. The molecule has 1 saturated heterocycles. The summed E-state index contributed by atoms with van der Waals surface area (Å²) in [5.74, 6) is 0.341. The number of carbonyl (C=O) groups excluding carboxylic acids is 1. The molecule has 3 aromatic rings. The van der Waals surface area contributed by atoms with Gasteiger partial charge in [0.1, 0.15) is 0 Å². The van der Waals surface area contributed by atoms with Crippen molar-refractivity contribution >= 4 is 21.5 Å². The molecule has 1 atom stereocenters. The molecule has 0 bridgehead atoms. The fourth-order valence-electron chi connectivity index (χ4n) is 3.91. The van der Waals surface area contributed by atoms with Crippen LogP contribution in [0.3, 0.4) is 0 Å². The van der Waals surface area contributed by atoms with Crippen LogP contribution in [-0.4, -0.2) is 78.5 Å². The molecule has 1 unspecified atom stereocenters. The van der Waals surface area contributed by atoms with Crippen LogP contribution < -0.4 is 4.90 Å². The number of piperazine rings is 1. The topological polar surface area (TPSA) is 111 Å². The van der Waals surface area contributed by atoms with E-state index in [1.807, 2.05) is 12.1 Å². The fourth-order valence-corrected chi connectivity index (χ4v) is 4.54. The fraction of sp³-hybridized carbons (Fsp3) is 0.364. The van der Waals surface area contributed by atoms with Crippen LogP contribution in [-0.2, 0) is 21.1 Å². The van der Waals surface area contributed by atoms with Crippen molar-refractivity contribution in [2.75, 3.05) is 37.9 Å². The van der Waals surface area contributed by atoms with Gasteiger partial charge in [0.2, 0.25) is 0 Å². The Labute approximate surface area is 192 Å². The van der Waals surface area contributed by atoms with E-state index < -0.39 is 9.84 Å². The maximum Gasteiger partial charge on any atom is 0.337 e. The van der Waals surface area contributed by atoms with E-state index >= 15 is 0 Å². The third-order valence-electron chi connectivity index (χ3n) is 5.81. The number of hydrogen-bond acceptors (Lipinski definition) is 9. The largest absolute Gasteiger partial charge is 0.465 e. The molecule has 0 spiro atoms. The zero-order valence-electron chi connectivity index (χ0n) is 18.7. The van der Waals surface area contributed by atoms with Crippen molar-refractivity contribution in [1.29, 1.82) is 0 Å². The molecular formula is C22H26N6O4S. The lowest BCUT2D eigenvalue weighted by Gasteiger charge is -2.40. The molecule has 1 aliphatic heterocycles. The van der Waals surface area contributed by atoms with E-state index in [0.717, 1.165) is 25.3 Å². The van der Waals surface area contributed by atoms with Gasteiger partial charge in [-0.3, -0.25) is 4.90 Å². The van der Waals surface area contributed by atoms with Crippen LogP contribution in [0, 0.1) is 0 Å². The van der Waals surface area contributed by atoms with Crippen LogP contribution in [0.4, 0.5) is 5.69 Å². The molecule has 174 valence electrons. The summed E-state index contributed by atoms with van der Waals surface area (Å²) in [6, 6.07) is 14.2. The second kappa shape index (κ2) is 9.28. The van der Waals surface area contributed by atoms with Gasteiger partial charge in [-0.1, -0.05) is 0 Å². The van der Waals surface area contributed by atoms with Crippen LogP contribution in [0.25, 0.3) is 5.69 Å². The van der Waals surface area contributed by atoms with Gasteiger partial charge in [0.25, 0.3) is 0 Å². The number of ether oxygens (including phenoxy) is 1. The number of hydrogen-bond donors (Lipinski definition) is 0. The maximum absolute atomic E-state index is 11.7. The van der Waals surface area contributed by atoms with Gasteiger partial charge in [-0.2, -0.15) is 4.68 Å². The van der Waals surface area contributed by atoms with Crippen molar-refractivity contribution in [2.45, 2.75) is 24.4 Å². The van der Waals surface area contributed by atoms with Crippen molar-refractivity contribution in [3.63, 3.8) is 0 Å². The van der Waals surface area contributed by atoms with Crippen molar-refractivity contribution in [1.82, 2.24) is 25.1 Å². The number of sulfone groups is 1. The SMILES string of the molecule is COC(=O)c1ccc(N2CCN(Cc3nnnn3-c3ccc(S(C)(=O)=O)cc3)C(C)C2)cc1. The Morgan fingerprint density at radius 1 is 1.06 bits per heavy atom. The van der Waals surface area contributed by atoms with E-state index in [-0.39, 0.29) is 16.9 Å². The first kappa shape index (κ1) is 22.9. The number of nitrogens with zero attached hydrogens (tertiary/aromatic N) is 6. The van der Waals surface area contributed by atoms with Crippen molar-refractivity contribution in [3.05, 3.63) is 59.9 Å². The summed E-state index contributed by atoms with van der Waals surface area (Å²) in [5, 5.41) is 12.1. The number of esters is 1. The van der Waals surface area contributed by atoms with E-state index in [1.165, 1.54) is 13.4 Å². The number of carbonyl (C=O) groups is 1. The highest BCUT2D eigenvalue weighted by atomic mass is 32.2. The summed E-state index contributed by atoms with van der Waals surface area (Å²) in [7, 11) is -1.89. The van der Waals surface area contributed by atoms with Gasteiger partial charge in [0.15, 0.2) is 15.7 Å². The average molecular weight is 471 g/mol. The molecule has 0 aliphatic carbocycles. The van der Waals surface area contributed by atoms with Gasteiger partial charge >= 0.3 is 5.97 Å². The van der Waals surface area contributed by atoms with E-state index in [1.54, 1.807) is 41.1 Å². The molecule has 1 fully saturated rings. The zero-order chi connectivity index (χ0) is 23.6. The number of methoxy groups -OCH3 is 1. The van der Waals surface area contributed by atoms with E-state index in [9.17, 15) is 13.2 Å². The Morgan fingerprint density at radius 3 is 2.33 bits per heavy atom. The second-order valence-electron chi connectivity index (χ2n) is 8.08. The predicted octanol–water partition coefficient (Wildman–Crippen LogP) is 1.56. The molecule has 10 nitrogen and oxygen atoms in total. The smallest absolute Gasteiger partial charge is 0.337 e. The van der Waals surface area contributed by atoms with E-state index in [0.29, 0.717) is 23.6 Å². The monoisotopic (exact) mass is 470 g/mol. The lowest BCUT2D eigenvalue weighted by atomic mass is 10.1. The Morgan fingerprint density at radius 2 is 1.73 bits per heavy atom. The highest BCUT2D eigenvalue weighted by Gasteiger charge is 2.26. The molecular weight excluding hydrogens is 444 g/mol. The van der Waals surface area contributed by atoms with Gasteiger partial charge in [-0.05, 0) is 65.9 Å². The quantitative estimate of drug-likeness (QED) is 0.496. The van der Waals surface area contributed by atoms with Gasteiger partial charge < -0.3 is 9.64 Å². The maximum atomic E-state index is 11.7. The average Bonchev–Trinajstić information content (AvgIpc) is 3.27. The molecule has 1 aliphatic rings. The molecule has 0 N–H and O–H groups in total. The predicted molar refractivity (Wildman–Crippen MR) is 122 cm³/mol. The van der Waals surface area contributed by atoms with Crippen molar-refractivity contribution < 1.29 is 17.9 Å². The van der Waals surface area contributed by atoms with Crippen LogP contribution in [0.5, 0.6) is 0 Å². The lowest BCUT2D eigenvalue weighted by molar-refractivity contribution is 0.0600. The molecule has 11 heteroatoms. The van der Waals surface area contributed by atoms with Crippen molar-refractivity contribution in [3.8, 4) is 5.69 Å². The van der Waals surface area contributed by atoms with Crippen LogP contribution >= 0.6 is 0 Å². The van der Waals surface area contributed by atoms with Crippen molar-refractivity contribution in [2.24, 2.45) is 0 Å². The first-order valence-electron chi connectivity index (χ1n) is 10.5. The molecule has 33 heavy (non-hydrogen) atoms. The van der Waals surface area contributed by atoms with Gasteiger partial charge in [0, 0.05) is 37.6 Å². The molecule has 0 saturated carbocycles. The summed E-state index contributed by atoms with van der Waals surface area (Å²) >= 11 is 0. The molecule has 0 amide bonds. The Hall–Kier alpha value is -3.31. The van der Waals surface area contributed by atoms with Crippen LogP contribution in [0.2, 0.25) is 0 Å². The molecule has 0 radical (unpaired) electrons. The zero-order valence-corrected chi connectivity index (χ0v) is 19.6. The first-order chi connectivity index (χ1) is 15.8. The van der Waals surface area contributed by atoms with Gasteiger partial charge in [-0.15, -0.1) is 5.10 Å². The third kappa shape index (κ3) is 5.04. The lowest BCUT2D eigenvalue weighted by Crippen LogP contribution is -2.51. The number of aromatic nitrogens is 4. The molecule has 1 aromatic heterocycles. The normalized spacial score (nSPS) is 17.2. The number of rotatable bonds is 6. The minimum atomic E-state index is -3.26. The summed E-state index contributed by atoms with van der Waals surface area (Å²) < 4.78 is 29.8. The van der Waals surface area contributed by atoms with Crippen LogP contribution in [0.15, 0.2) is 53.4 Å². The van der Waals surface area contributed by atoms with Crippen LogP contribution in [0.1, 0.15) is 23.1 Å². The van der Waals surface area contributed by atoms with Gasteiger partial charge in [0.05, 0.1) is 29.8 Å². The van der Waals surface area contributed by atoms with Gasteiger partial charge in [-0.25, -0.2) is 13.2 Å². The Balaban J connectivity index is 1.43. The summed E-state index contributed by atoms with van der Waals surface area (Å²) in [6.07, 6.45) is 1.18. The summed E-state index contributed by atoms with van der Waals surface area (Å²) in [4.78, 5) is 16.5. The minimum Gasteiger partial charge on any atom is -0.465 e. The first-order valence-corrected chi connectivity index (χ1v) is 12.4. The standard InChI is InChI=1S/C22H26N6O4S/c1-16-14-27(18-6-4-17(5-7-18)22(29)32-2)13-12-26(16)15-21-23-24-25-28(21)19-8-10-20(11-9-19)33(3,30)31/h4-11,16H,12-15H2,1-3H3. The second-order valence-corrected chi connectivity index (χ2v) is 10.1. The van der Waals surface area contributed by atoms with E-state index in [2.05, 4.69) is 32.2 Å². The molecule has 4 rings (SSSR count). The number of tetrazole rings is 1. The third-order valence-corrected chi connectivity index (χ3v) is 6.94. The highest BCUT2D eigenvalue weighted by Crippen LogP contribution is 2.22. The highest BCUT2D eigenvalue weighted by molar-refractivity contribution is 7.90. The van der Waals surface area contributed by atoms with E-state index in [4.69, 9.17) is 4.74 Å². The molecule has 2 heterocycles. The summed E-state index contributed by atoms with van der Waals surface area (Å²) in [6.45, 7) is 5.19.